The fraction of sp³-hybridized carbons (Fsp3) is 0.0938. The van der Waals surface area contributed by atoms with Crippen LogP contribution in [0, 0.1) is 0 Å². The van der Waals surface area contributed by atoms with E-state index >= 15 is 0 Å². The Balaban J connectivity index is 1.03. The molecule has 318 valence electrons. The smallest absolute Gasteiger partial charge is 0.159 e. The molecule has 67 heavy (non-hydrogen) atoms. The Hall–Kier alpha value is -8.14. The number of hydrogen-bond acceptors (Lipinski definition) is 2. The number of rotatable bonds is 5. The monoisotopic (exact) mass is 858 g/mol. The molecule has 2 heterocycles. The summed E-state index contributed by atoms with van der Waals surface area (Å²) < 4.78 is 9.22. The predicted octanol–water partition coefficient (Wildman–Crippen LogP) is 18.2. The Kier molecular flexibility index (Phi) is 7.94. The van der Waals surface area contributed by atoms with Crippen LogP contribution in [0.3, 0.4) is 0 Å². The number of nitrogens with zero attached hydrogens (tertiary/aromatic N) is 2. The first-order chi connectivity index (χ1) is 32.8. The first kappa shape index (κ1) is 38.2. The molecule has 13 aromatic rings. The van der Waals surface area contributed by atoms with Gasteiger partial charge in [0.15, 0.2) is 5.58 Å². The lowest BCUT2D eigenvalue weighted by Crippen LogP contribution is -2.15. The Morgan fingerprint density at radius 1 is 0.448 bits per heavy atom. The van der Waals surface area contributed by atoms with Gasteiger partial charge in [0.1, 0.15) is 5.58 Å². The molecule has 0 N–H and O–H groups in total. The molecule has 3 heteroatoms. The van der Waals surface area contributed by atoms with Crippen molar-refractivity contribution in [2.45, 2.75) is 39.0 Å². The molecule has 0 saturated carbocycles. The molecule has 0 saturated heterocycles. The zero-order valence-corrected chi connectivity index (χ0v) is 37.9. The first-order valence-electron chi connectivity index (χ1n) is 23.6. The maximum Gasteiger partial charge on any atom is 0.159 e. The fourth-order valence-corrected chi connectivity index (χ4v) is 11.8. The zero-order valence-electron chi connectivity index (χ0n) is 37.9. The number of fused-ring (bicyclic) bond motifs is 17. The molecule has 0 bridgehead atoms. The van der Waals surface area contributed by atoms with E-state index in [9.17, 15) is 0 Å². The second-order valence-electron chi connectivity index (χ2n) is 19.4. The lowest BCUT2D eigenvalue weighted by molar-refractivity contribution is 0.662. The molecule has 0 atom stereocenters. The van der Waals surface area contributed by atoms with Crippen LogP contribution in [0.15, 0.2) is 205 Å². The summed E-state index contributed by atoms with van der Waals surface area (Å²) in [7, 11) is 0. The normalized spacial score (nSPS) is 13.3. The van der Waals surface area contributed by atoms with E-state index in [1.54, 1.807) is 0 Å². The molecule has 0 aliphatic heterocycles. The maximum absolute atomic E-state index is 6.73. The molecular weight excluding hydrogens is 813 g/mol. The van der Waals surface area contributed by atoms with E-state index in [2.05, 4.69) is 231 Å². The van der Waals surface area contributed by atoms with Gasteiger partial charge >= 0.3 is 0 Å². The minimum absolute atomic E-state index is 0.247. The molecule has 0 amide bonds. The predicted molar refractivity (Wildman–Crippen MR) is 284 cm³/mol. The summed E-state index contributed by atoms with van der Waals surface area (Å²) >= 11 is 0. The first-order valence-corrected chi connectivity index (χ1v) is 23.6. The topological polar surface area (TPSA) is 21.3 Å². The van der Waals surface area contributed by atoms with Gasteiger partial charge in [0.25, 0.3) is 0 Å². The van der Waals surface area contributed by atoms with E-state index in [1.807, 2.05) is 6.07 Å². The highest BCUT2D eigenvalue weighted by Crippen LogP contribution is 2.54. The second kappa shape index (κ2) is 13.9. The van der Waals surface area contributed by atoms with Crippen LogP contribution in [-0.2, 0) is 5.41 Å². The van der Waals surface area contributed by atoms with Crippen LogP contribution < -0.4 is 4.90 Å². The van der Waals surface area contributed by atoms with Crippen molar-refractivity contribution in [3.05, 3.63) is 217 Å². The van der Waals surface area contributed by atoms with Gasteiger partial charge in [0, 0.05) is 44.0 Å². The third-order valence-corrected chi connectivity index (χ3v) is 15.1. The van der Waals surface area contributed by atoms with E-state index in [0.29, 0.717) is 5.92 Å². The van der Waals surface area contributed by atoms with Crippen LogP contribution in [0.2, 0.25) is 0 Å². The second-order valence-corrected chi connectivity index (χ2v) is 19.4. The van der Waals surface area contributed by atoms with Crippen molar-refractivity contribution < 1.29 is 4.42 Å². The van der Waals surface area contributed by atoms with Gasteiger partial charge in [0.05, 0.1) is 16.7 Å². The van der Waals surface area contributed by atoms with Gasteiger partial charge in [-0.15, -0.1) is 0 Å². The van der Waals surface area contributed by atoms with Crippen LogP contribution in [0.5, 0.6) is 0 Å². The van der Waals surface area contributed by atoms with Crippen LogP contribution in [-0.4, -0.2) is 4.57 Å². The van der Waals surface area contributed by atoms with E-state index < -0.39 is 0 Å². The Morgan fingerprint density at radius 3 is 1.87 bits per heavy atom. The van der Waals surface area contributed by atoms with E-state index in [-0.39, 0.29) is 5.41 Å². The zero-order chi connectivity index (χ0) is 44.7. The molecule has 1 aliphatic rings. The van der Waals surface area contributed by atoms with Crippen molar-refractivity contribution in [1.82, 2.24) is 4.57 Å². The van der Waals surface area contributed by atoms with Gasteiger partial charge in [0.2, 0.25) is 0 Å². The Labute approximate surface area is 388 Å². The van der Waals surface area contributed by atoms with Crippen molar-refractivity contribution in [3.63, 3.8) is 0 Å². The number of aromatic nitrogens is 1. The summed E-state index contributed by atoms with van der Waals surface area (Å²) in [4.78, 5) is 2.38. The van der Waals surface area contributed by atoms with Gasteiger partial charge in [-0.1, -0.05) is 155 Å². The number of anilines is 3. The summed E-state index contributed by atoms with van der Waals surface area (Å²) in [6.07, 6.45) is 0. The van der Waals surface area contributed by atoms with Gasteiger partial charge in [-0.05, 0) is 150 Å². The number of furan rings is 1. The summed E-state index contributed by atoms with van der Waals surface area (Å²) in [5, 5.41) is 15.1. The third kappa shape index (κ3) is 5.40. The van der Waals surface area contributed by atoms with Crippen LogP contribution in [0.4, 0.5) is 17.1 Å². The molecule has 3 nitrogen and oxygen atoms in total. The SMILES string of the molecule is CC(C)c1ccc(N(c2ccc3c4cc5c(cc4n(-c4ccccc4)c3c2)C(C)(C)c2cc3c(cc2-5)c2ccccc2c2ccc4ccccc4c23)c2cccc3c2oc2ccccc23)cc1. The molecule has 14 rings (SSSR count). The van der Waals surface area contributed by atoms with Gasteiger partial charge in [-0.3, -0.25) is 0 Å². The fourth-order valence-electron chi connectivity index (χ4n) is 11.8. The standard InChI is InChI=1S/C64H46N2O/c1-38(2)39-25-28-42(29-26-39)65(58-23-14-22-50-48-21-12-13-24-61(48)67-63(50)58)43-30-32-47-54-35-53-52-34-51-46-20-11-10-19-45(46)49-31-27-40-15-8-9-18-44(40)62(49)55(51)36-56(52)64(3,4)57(53)37-60(54)66(59(47)33-43)41-16-6-5-7-17-41/h5-38H,1-4H3. The van der Waals surface area contributed by atoms with Crippen molar-refractivity contribution >= 4 is 104 Å². The molecule has 0 spiro atoms. The molecule has 0 radical (unpaired) electrons. The van der Waals surface area contributed by atoms with Crippen molar-refractivity contribution in [3.8, 4) is 16.8 Å². The largest absolute Gasteiger partial charge is 0.454 e. The molecular formula is C64H46N2O. The Morgan fingerprint density at radius 2 is 1.07 bits per heavy atom. The summed E-state index contributed by atoms with van der Waals surface area (Å²) in [5.41, 5.74) is 14.8. The van der Waals surface area contributed by atoms with Crippen LogP contribution in [0.25, 0.3) is 104 Å². The average Bonchev–Trinajstić information content (AvgIpc) is 3.98. The number of hydrogen-bond donors (Lipinski definition) is 0. The average molecular weight is 859 g/mol. The van der Waals surface area contributed by atoms with E-state index in [4.69, 9.17) is 4.42 Å². The molecule has 11 aromatic carbocycles. The molecule has 0 fully saturated rings. The summed E-state index contributed by atoms with van der Waals surface area (Å²) in [5.74, 6) is 0.427. The van der Waals surface area contributed by atoms with Crippen LogP contribution >= 0.6 is 0 Å². The highest BCUT2D eigenvalue weighted by Gasteiger charge is 2.37. The quantitative estimate of drug-likeness (QED) is 0.161. The van der Waals surface area contributed by atoms with Crippen molar-refractivity contribution in [1.29, 1.82) is 0 Å². The minimum Gasteiger partial charge on any atom is -0.454 e. The summed E-state index contributed by atoms with van der Waals surface area (Å²) in [6.45, 7) is 9.35. The third-order valence-electron chi connectivity index (χ3n) is 15.1. The highest BCUT2D eigenvalue weighted by atomic mass is 16.3. The molecule has 0 unspecified atom stereocenters. The van der Waals surface area contributed by atoms with Crippen LogP contribution in [0.1, 0.15) is 50.3 Å². The number of benzene rings is 11. The number of para-hydroxylation sites is 3. The van der Waals surface area contributed by atoms with Crippen molar-refractivity contribution in [2.24, 2.45) is 0 Å². The Bertz CT molecular complexity index is 4210. The highest BCUT2D eigenvalue weighted by molar-refractivity contribution is 6.32. The van der Waals surface area contributed by atoms with Gasteiger partial charge in [-0.2, -0.15) is 0 Å². The van der Waals surface area contributed by atoms with Crippen molar-refractivity contribution in [2.75, 3.05) is 4.90 Å². The van der Waals surface area contributed by atoms with Gasteiger partial charge < -0.3 is 13.9 Å². The molecule has 2 aromatic heterocycles. The molecule has 1 aliphatic carbocycles. The van der Waals surface area contributed by atoms with E-state index in [1.165, 1.54) is 87.2 Å². The van der Waals surface area contributed by atoms with Gasteiger partial charge in [-0.25, -0.2) is 0 Å². The summed E-state index contributed by atoms with van der Waals surface area (Å²) in [6, 6.07) is 74.4. The lowest BCUT2D eigenvalue weighted by atomic mass is 9.80. The van der Waals surface area contributed by atoms with E-state index in [0.717, 1.165) is 50.2 Å². The minimum atomic E-state index is -0.247. The lowest BCUT2D eigenvalue weighted by Gasteiger charge is -2.26. The maximum atomic E-state index is 6.73.